The summed E-state index contributed by atoms with van der Waals surface area (Å²) >= 11 is 7.00. The monoisotopic (exact) mass is 524 g/mol. The lowest BCUT2D eigenvalue weighted by molar-refractivity contribution is 0.0584. The van der Waals surface area contributed by atoms with E-state index in [1.54, 1.807) is 0 Å². The Labute approximate surface area is 229 Å². The lowest BCUT2D eigenvalue weighted by atomic mass is 9.78. The van der Waals surface area contributed by atoms with Crippen molar-refractivity contribution in [1.82, 2.24) is 29.2 Å². The van der Waals surface area contributed by atoms with Gasteiger partial charge in [-0.3, -0.25) is 4.90 Å². The summed E-state index contributed by atoms with van der Waals surface area (Å²) < 4.78 is 2.26. The molecule has 194 valence electrons. The molecule has 4 aromatic rings. The normalized spacial score (nSPS) is 24.0. The van der Waals surface area contributed by atoms with E-state index < -0.39 is 0 Å². The van der Waals surface area contributed by atoms with E-state index in [9.17, 15) is 0 Å². The topological polar surface area (TPSA) is 40.4 Å². The summed E-state index contributed by atoms with van der Waals surface area (Å²) in [7, 11) is 4.24. The Morgan fingerprint density at radius 1 is 0.816 bits per heavy atom. The molecule has 2 fully saturated rings. The molecule has 0 spiro atoms. The first-order valence-corrected chi connectivity index (χ1v) is 14.0. The van der Waals surface area contributed by atoms with E-state index >= 15 is 0 Å². The van der Waals surface area contributed by atoms with Crippen molar-refractivity contribution in [3.8, 4) is 22.5 Å². The number of nitrogens with zero attached hydrogens (tertiary/aromatic N) is 6. The van der Waals surface area contributed by atoms with Gasteiger partial charge in [-0.05, 0) is 32.0 Å². The van der Waals surface area contributed by atoms with Crippen molar-refractivity contribution in [2.75, 3.05) is 40.3 Å². The zero-order chi connectivity index (χ0) is 25.8. The number of pyridine rings is 1. The molecular weight excluding hydrogens is 492 g/mol. The molecule has 1 atom stereocenters. The van der Waals surface area contributed by atoms with Crippen molar-refractivity contribution in [1.29, 1.82) is 0 Å². The maximum atomic E-state index is 7.00. The van der Waals surface area contributed by atoms with Gasteiger partial charge >= 0.3 is 0 Å². The van der Waals surface area contributed by atoms with Crippen LogP contribution < -0.4 is 0 Å². The molecule has 0 amide bonds. The zero-order valence-corrected chi connectivity index (χ0v) is 22.7. The number of aromatic nitrogens is 3. The number of imidazole rings is 1. The third-order valence-corrected chi connectivity index (χ3v) is 9.09. The number of hydrogen-bond donors (Lipinski definition) is 0. The SMILES string of the molecule is CN1CCN(C2CC(c3nc(-c4ccc5ccc(-c6ccccc6)nc5c4)c4n3C=CN(C)C4Cl)C2)CC1. The molecule has 0 radical (unpaired) electrons. The first-order valence-electron chi connectivity index (χ1n) is 13.6. The average molecular weight is 525 g/mol. The molecule has 1 saturated heterocycles. The maximum absolute atomic E-state index is 7.00. The fourth-order valence-corrected chi connectivity index (χ4v) is 6.38. The standard InChI is InChI=1S/C31H33ClN6/c1-35-12-15-37(16-13-35)25-18-24(19-25)31-34-28(29-30(32)36(2)14-17-38(29)31)23-9-8-22-10-11-26(33-27(22)20-23)21-6-4-3-5-7-21/h3-11,14,17,20,24-25,30H,12-13,15-16,18-19H2,1-2H3. The van der Waals surface area contributed by atoms with Crippen LogP contribution in [0.3, 0.4) is 0 Å². The molecule has 3 aliphatic rings. The van der Waals surface area contributed by atoms with Crippen LogP contribution in [0.4, 0.5) is 0 Å². The van der Waals surface area contributed by atoms with Crippen LogP contribution >= 0.6 is 11.6 Å². The Kier molecular flexibility index (Phi) is 5.99. The Morgan fingerprint density at radius 2 is 1.58 bits per heavy atom. The van der Waals surface area contributed by atoms with Gasteiger partial charge in [0.25, 0.3) is 0 Å². The fourth-order valence-electron chi connectivity index (χ4n) is 6.11. The molecule has 6 nitrogen and oxygen atoms in total. The third-order valence-electron chi connectivity index (χ3n) is 8.58. The summed E-state index contributed by atoms with van der Waals surface area (Å²) in [5.41, 5.74) is 5.87. The fraction of sp³-hybridized carbons (Fsp3) is 0.355. The number of fused-ring (bicyclic) bond motifs is 2. The van der Waals surface area contributed by atoms with E-state index in [0.717, 1.165) is 70.9 Å². The highest BCUT2D eigenvalue weighted by atomic mass is 35.5. The van der Waals surface area contributed by atoms with Gasteiger partial charge in [-0.15, -0.1) is 0 Å². The third kappa shape index (κ3) is 4.12. The molecule has 0 bridgehead atoms. The highest BCUT2D eigenvalue weighted by molar-refractivity contribution is 6.21. The van der Waals surface area contributed by atoms with Crippen molar-refractivity contribution in [2.45, 2.75) is 30.3 Å². The van der Waals surface area contributed by atoms with E-state index in [0.29, 0.717) is 12.0 Å². The lowest BCUT2D eigenvalue weighted by Crippen LogP contribution is -2.52. The Bertz CT molecular complexity index is 1500. The predicted molar refractivity (Wildman–Crippen MR) is 155 cm³/mol. The van der Waals surface area contributed by atoms with Gasteiger partial charge in [0.2, 0.25) is 0 Å². The van der Waals surface area contributed by atoms with E-state index in [2.05, 4.69) is 88.4 Å². The summed E-state index contributed by atoms with van der Waals surface area (Å²) in [5, 5.41) is 1.12. The molecule has 38 heavy (non-hydrogen) atoms. The largest absolute Gasteiger partial charge is 0.358 e. The van der Waals surface area contributed by atoms with E-state index in [1.807, 2.05) is 18.0 Å². The predicted octanol–water partition coefficient (Wildman–Crippen LogP) is 5.87. The number of hydrogen-bond acceptors (Lipinski definition) is 5. The molecule has 0 N–H and O–H groups in total. The van der Waals surface area contributed by atoms with Crippen LogP contribution in [0.25, 0.3) is 39.6 Å². The van der Waals surface area contributed by atoms with E-state index in [-0.39, 0.29) is 5.50 Å². The van der Waals surface area contributed by atoms with Crippen LogP contribution in [-0.4, -0.2) is 75.6 Å². The van der Waals surface area contributed by atoms with Gasteiger partial charge in [0.15, 0.2) is 0 Å². The van der Waals surface area contributed by atoms with Gasteiger partial charge in [0.1, 0.15) is 11.3 Å². The Morgan fingerprint density at radius 3 is 2.37 bits per heavy atom. The smallest absolute Gasteiger partial charge is 0.147 e. The molecule has 2 aliphatic heterocycles. The second-order valence-electron chi connectivity index (χ2n) is 11.0. The van der Waals surface area contributed by atoms with Crippen LogP contribution in [-0.2, 0) is 0 Å². The van der Waals surface area contributed by atoms with Crippen LogP contribution in [0.15, 0.2) is 66.9 Å². The van der Waals surface area contributed by atoms with Crippen molar-refractivity contribution >= 4 is 28.7 Å². The molecule has 1 saturated carbocycles. The lowest BCUT2D eigenvalue weighted by Gasteiger charge is -2.45. The minimum absolute atomic E-state index is 0.274. The van der Waals surface area contributed by atoms with Gasteiger partial charge < -0.3 is 14.4 Å². The molecule has 4 heterocycles. The number of halogens is 1. The minimum atomic E-state index is -0.274. The average Bonchev–Trinajstić information content (AvgIpc) is 3.30. The summed E-state index contributed by atoms with van der Waals surface area (Å²) in [6.45, 7) is 4.66. The van der Waals surface area contributed by atoms with Crippen LogP contribution in [0.5, 0.6) is 0 Å². The summed E-state index contributed by atoms with van der Waals surface area (Å²) in [5.74, 6) is 1.59. The van der Waals surface area contributed by atoms with Crippen molar-refractivity contribution in [3.63, 3.8) is 0 Å². The van der Waals surface area contributed by atoms with Crippen LogP contribution in [0.2, 0.25) is 0 Å². The first kappa shape index (κ1) is 23.9. The molecule has 2 aromatic heterocycles. The molecule has 7 rings (SSSR count). The summed E-state index contributed by atoms with van der Waals surface area (Å²) in [6.07, 6.45) is 6.52. The minimum Gasteiger partial charge on any atom is -0.358 e. The zero-order valence-electron chi connectivity index (χ0n) is 22.0. The van der Waals surface area contributed by atoms with E-state index in [1.165, 1.54) is 13.1 Å². The number of alkyl halides is 1. The number of benzene rings is 2. The quantitative estimate of drug-likeness (QED) is 0.247. The highest BCUT2D eigenvalue weighted by Gasteiger charge is 2.40. The maximum Gasteiger partial charge on any atom is 0.147 e. The van der Waals surface area contributed by atoms with Gasteiger partial charge in [-0.1, -0.05) is 60.1 Å². The van der Waals surface area contributed by atoms with Crippen LogP contribution in [0, 0.1) is 0 Å². The Balaban J connectivity index is 1.24. The van der Waals surface area contributed by atoms with Gasteiger partial charge in [-0.25, -0.2) is 9.97 Å². The number of rotatable bonds is 4. The number of piperazine rings is 1. The molecule has 1 unspecified atom stereocenters. The second-order valence-corrected chi connectivity index (χ2v) is 11.4. The molecule has 2 aromatic carbocycles. The first-order chi connectivity index (χ1) is 18.5. The second kappa shape index (κ2) is 9.53. The van der Waals surface area contributed by atoms with E-state index in [4.69, 9.17) is 21.6 Å². The molecular formula is C31H33ClN6. The van der Waals surface area contributed by atoms with Crippen molar-refractivity contribution in [3.05, 3.63) is 78.4 Å². The highest BCUT2D eigenvalue weighted by Crippen LogP contribution is 2.45. The van der Waals surface area contributed by atoms with Gasteiger partial charge in [-0.2, -0.15) is 0 Å². The molecule has 7 heteroatoms. The molecule has 1 aliphatic carbocycles. The van der Waals surface area contributed by atoms with Gasteiger partial charge in [0, 0.05) is 74.1 Å². The van der Waals surface area contributed by atoms with Crippen LogP contribution in [0.1, 0.15) is 35.8 Å². The summed E-state index contributed by atoms with van der Waals surface area (Å²) in [4.78, 5) is 17.5. The summed E-state index contributed by atoms with van der Waals surface area (Å²) in [6, 6.07) is 21.7. The van der Waals surface area contributed by atoms with Gasteiger partial charge in [0.05, 0.1) is 22.6 Å². The Hall–Kier alpha value is -3.19. The van der Waals surface area contributed by atoms with Crippen molar-refractivity contribution < 1.29 is 0 Å². The van der Waals surface area contributed by atoms with Crippen molar-refractivity contribution in [2.24, 2.45) is 0 Å². The number of likely N-dealkylation sites (N-methyl/N-ethyl adjacent to an activating group) is 1.